The number of amides is 1. The molecule has 0 aliphatic rings. The highest BCUT2D eigenvalue weighted by Gasteiger charge is 2.09. The smallest absolute Gasteiger partial charge is 0.255 e. The standard InChI is InChI=1S/C19H19N3O3/c1-13-10-20-22(11-13)17-6-3-14(4-7-17)19(24)21-16-5-8-18(25-2)15(9-16)12-23/h3-11,23H,12H2,1-2H3,(H,21,24). The van der Waals surface area contributed by atoms with Crippen LogP contribution in [0.5, 0.6) is 5.75 Å². The molecule has 6 heteroatoms. The number of aryl methyl sites for hydroxylation is 1. The Balaban J connectivity index is 1.75. The molecule has 0 radical (unpaired) electrons. The highest BCUT2D eigenvalue weighted by atomic mass is 16.5. The van der Waals surface area contributed by atoms with Crippen molar-refractivity contribution in [3.8, 4) is 11.4 Å². The first-order chi connectivity index (χ1) is 12.1. The van der Waals surface area contributed by atoms with Crippen molar-refractivity contribution >= 4 is 11.6 Å². The Kier molecular flexibility index (Phi) is 4.81. The van der Waals surface area contributed by atoms with E-state index in [0.29, 0.717) is 22.6 Å². The molecular formula is C19H19N3O3. The highest BCUT2D eigenvalue weighted by Crippen LogP contribution is 2.23. The Morgan fingerprint density at radius 2 is 2.00 bits per heavy atom. The second-order valence-corrected chi connectivity index (χ2v) is 5.65. The number of methoxy groups -OCH3 is 1. The summed E-state index contributed by atoms with van der Waals surface area (Å²) in [4.78, 5) is 12.4. The molecule has 128 valence electrons. The molecule has 2 N–H and O–H groups in total. The summed E-state index contributed by atoms with van der Waals surface area (Å²) in [5.41, 5.74) is 3.71. The fourth-order valence-corrected chi connectivity index (χ4v) is 2.50. The Labute approximate surface area is 145 Å². The summed E-state index contributed by atoms with van der Waals surface area (Å²) in [6.45, 7) is 1.81. The minimum atomic E-state index is -0.225. The molecule has 0 spiro atoms. The van der Waals surface area contributed by atoms with Crippen LogP contribution in [0.3, 0.4) is 0 Å². The third kappa shape index (κ3) is 3.70. The van der Waals surface area contributed by atoms with Crippen molar-refractivity contribution in [1.29, 1.82) is 0 Å². The normalized spacial score (nSPS) is 10.5. The number of nitrogens with zero attached hydrogens (tertiary/aromatic N) is 2. The predicted molar refractivity (Wildman–Crippen MR) is 95.2 cm³/mol. The zero-order chi connectivity index (χ0) is 17.8. The van der Waals surface area contributed by atoms with Crippen LogP contribution in [0.2, 0.25) is 0 Å². The Morgan fingerprint density at radius 3 is 2.60 bits per heavy atom. The van der Waals surface area contributed by atoms with Gasteiger partial charge in [-0.2, -0.15) is 5.10 Å². The average molecular weight is 337 g/mol. The van der Waals surface area contributed by atoms with E-state index in [0.717, 1.165) is 11.3 Å². The van der Waals surface area contributed by atoms with E-state index in [4.69, 9.17) is 4.74 Å². The van der Waals surface area contributed by atoms with Gasteiger partial charge in [-0.1, -0.05) is 0 Å². The van der Waals surface area contributed by atoms with Crippen molar-refractivity contribution < 1.29 is 14.6 Å². The van der Waals surface area contributed by atoms with E-state index in [1.165, 1.54) is 7.11 Å². The lowest BCUT2D eigenvalue weighted by atomic mass is 10.1. The molecule has 3 aromatic rings. The van der Waals surface area contributed by atoms with Gasteiger partial charge in [-0.15, -0.1) is 0 Å². The molecule has 1 heterocycles. The summed E-state index contributed by atoms with van der Waals surface area (Å²) in [5, 5.41) is 16.4. The van der Waals surface area contributed by atoms with E-state index >= 15 is 0 Å². The number of aliphatic hydroxyl groups is 1. The van der Waals surface area contributed by atoms with Gasteiger partial charge in [0.2, 0.25) is 0 Å². The molecule has 3 rings (SSSR count). The van der Waals surface area contributed by atoms with Crippen LogP contribution in [0.15, 0.2) is 54.9 Å². The Morgan fingerprint density at radius 1 is 1.24 bits per heavy atom. The molecule has 0 fully saturated rings. The monoisotopic (exact) mass is 337 g/mol. The molecule has 25 heavy (non-hydrogen) atoms. The van der Waals surface area contributed by atoms with Crippen LogP contribution < -0.4 is 10.1 Å². The first-order valence-electron chi connectivity index (χ1n) is 7.81. The SMILES string of the molecule is COc1ccc(NC(=O)c2ccc(-n3cc(C)cn3)cc2)cc1CO. The molecule has 6 nitrogen and oxygen atoms in total. The average Bonchev–Trinajstić information content (AvgIpc) is 3.08. The van der Waals surface area contributed by atoms with Crippen molar-refractivity contribution in [3.63, 3.8) is 0 Å². The zero-order valence-electron chi connectivity index (χ0n) is 14.1. The van der Waals surface area contributed by atoms with Crippen LogP contribution in [0, 0.1) is 6.92 Å². The Hall–Kier alpha value is -3.12. The van der Waals surface area contributed by atoms with Crippen LogP contribution in [0.1, 0.15) is 21.5 Å². The third-order valence-corrected chi connectivity index (χ3v) is 3.81. The van der Waals surface area contributed by atoms with Gasteiger partial charge in [0.05, 0.1) is 25.6 Å². The van der Waals surface area contributed by atoms with Gasteiger partial charge in [0.25, 0.3) is 5.91 Å². The van der Waals surface area contributed by atoms with Crippen LogP contribution in [0.4, 0.5) is 5.69 Å². The number of benzene rings is 2. The minimum Gasteiger partial charge on any atom is -0.496 e. The number of hydrogen-bond donors (Lipinski definition) is 2. The van der Waals surface area contributed by atoms with Gasteiger partial charge < -0.3 is 15.2 Å². The van der Waals surface area contributed by atoms with E-state index < -0.39 is 0 Å². The predicted octanol–water partition coefficient (Wildman–Crippen LogP) is 2.93. The van der Waals surface area contributed by atoms with Gasteiger partial charge in [-0.3, -0.25) is 4.79 Å². The lowest BCUT2D eigenvalue weighted by molar-refractivity contribution is 0.102. The fraction of sp³-hybridized carbons (Fsp3) is 0.158. The molecule has 0 aliphatic heterocycles. The molecule has 0 bridgehead atoms. The first-order valence-corrected chi connectivity index (χ1v) is 7.81. The third-order valence-electron chi connectivity index (χ3n) is 3.81. The lowest BCUT2D eigenvalue weighted by Crippen LogP contribution is -2.12. The summed E-state index contributed by atoms with van der Waals surface area (Å²) in [6, 6.07) is 12.3. The number of nitrogens with one attached hydrogen (secondary N) is 1. The van der Waals surface area contributed by atoms with Crippen LogP contribution in [-0.2, 0) is 6.61 Å². The largest absolute Gasteiger partial charge is 0.496 e. The van der Waals surface area contributed by atoms with E-state index in [1.807, 2.05) is 25.3 Å². The van der Waals surface area contributed by atoms with Crippen LogP contribution >= 0.6 is 0 Å². The van der Waals surface area contributed by atoms with Crippen molar-refractivity contribution in [1.82, 2.24) is 9.78 Å². The molecule has 0 unspecified atom stereocenters. The van der Waals surface area contributed by atoms with Crippen molar-refractivity contribution in [2.75, 3.05) is 12.4 Å². The maximum Gasteiger partial charge on any atom is 0.255 e. The van der Waals surface area contributed by atoms with Crippen LogP contribution in [0.25, 0.3) is 5.69 Å². The number of aliphatic hydroxyl groups excluding tert-OH is 1. The molecule has 2 aromatic carbocycles. The van der Waals surface area contributed by atoms with E-state index in [9.17, 15) is 9.90 Å². The highest BCUT2D eigenvalue weighted by molar-refractivity contribution is 6.04. The zero-order valence-corrected chi connectivity index (χ0v) is 14.1. The molecule has 0 saturated heterocycles. The van der Waals surface area contributed by atoms with E-state index in [-0.39, 0.29) is 12.5 Å². The van der Waals surface area contributed by atoms with E-state index in [1.54, 1.807) is 41.2 Å². The molecule has 1 amide bonds. The quantitative estimate of drug-likeness (QED) is 0.750. The van der Waals surface area contributed by atoms with Crippen LogP contribution in [-0.4, -0.2) is 27.9 Å². The number of ether oxygens (including phenoxy) is 1. The number of carbonyl (C=O) groups is 1. The number of hydrogen-bond acceptors (Lipinski definition) is 4. The first kappa shape index (κ1) is 16.7. The molecule has 0 aliphatic carbocycles. The number of aromatic nitrogens is 2. The molecule has 0 atom stereocenters. The lowest BCUT2D eigenvalue weighted by Gasteiger charge is -2.10. The fourth-order valence-electron chi connectivity index (χ4n) is 2.50. The second-order valence-electron chi connectivity index (χ2n) is 5.65. The van der Waals surface area contributed by atoms with Gasteiger partial charge in [0, 0.05) is 23.0 Å². The summed E-state index contributed by atoms with van der Waals surface area (Å²) in [6.07, 6.45) is 3.70. The van der Waals surface area contributed by atoms with Gasteiger partial charge in [-0.25, -0.2) is 4.68 Å². The number of rotatable bonds is 5. The molecule has 0 saturated carbocycles. The molecular weight excluding hydrogens is 318 g/mol. The van der Waals surface area contributed by atoms with Gasteiger partial charge >= 0.3 is 0 Å². The Bertz CT molecular complexity index is 885. The maximum absolute atomic E-state index is 12.4. The number of anilines is 1. The second kappa shape index (κ2) is 7.19. The minimum absolute atomic E-state index is 0.162. The van der Waals surface area contributed by atoms with E-state index in [2.05, 4.69) is 10.4 Å². The van der Waals surface area contributed by atoms with Gasteiger partial charge in [0.1, 0.15) is 5.75 Å². The summed E-state index contributed by atoms with van der Waals surface area (Å²) in [5.74, 6) is 0.358. The summed E-state index contributed by atoms with van der Waals surface area (Å²) >= 11 is 0. The van der Waals surface area contributed by atoms with Crippen molar-refractivity contribution in [3.05, 3.63) is 71.5 Å². The molecule has 1 aromatic heterocycles. The topological polar surface area (TPSA) is 76.4 Å². The van der Waals surface area contributed by atoms with Gasteiger partial charge in [0.15, 0.2) is 0 Å². The number of carbonyl (C=O) groups excluding carboxylic acids is 1. The van der Waals surface area contributed by atoms with Crippen molar-refractivity contribution in [2.45, 2.75) is 13.5 Å². The van der Waals surface area contributed by atoms with Crippen molar-refractivity contribution in [2.24, 2.45) is 0 Å². The summed E-state index contributed by atoms with van der Waals surface area (Å²) in [7, 11) is 1.54. The van der Waals surface area contributed by atoms with Gasteiger partial charge in [-0.05, 0) is 55.0 Å². The maximum atomic E-state index is 12.4. The summed E-state index contributed by atoms with van der Waals surface area (Å²) < 4.78 is 6.91.